The van der Waals surface area contributed by atoms with Gasteiger partial charge >= 0.3 is 0 Å². The van der Waals surface area contributed by atoms with Crippen LogP contribution in [0.1, 0.15) is 19.8 Å². The van der Waals surface area contributed by atoms with E-state index in [1.54, 1.807) is 6.26 Å². The molecule has 0 fully saturated rings. The van der Waals surface area contributed by atoms with Gasteiger partial charge in [-0.05, 0) is 6.42 Å². The first-order chi connectivity index (χ1) is 6.06. The minimum Gasteiger partial charge on any atom is -0.355 e. The summed E-state index contributed by atoms with van der Waals surface area (Å²) in [4.78, 5) is 11.1. The van der Waals surface area contributed by atoms with Crippen molar-refractivity contribution in [1.82, 2.24) is 5.32 Å². The van der Waals surface area contributed by atoms with Gasteiger partial charge in [-0.15, -0.1) is 0 Å². The Hall–Kier alpha value is -0.420. The summed E-state index contributed by atoms with van der Waals surface area (Å²) in [6.45, 7) is 2.41. The molecule has 0 aromatic rings. The maximum atomic E-state index is 11.1. The van der Waals surface area contributed by atoms with Crippen molar-refractivity contribution in [3.05, 3.63) is 0 Å². The number of amides is 1. The van der Waals surface area contributed by atoms with Gasteiger partial charge in [0.25, 0.3) is 0 Å². The fourth-order valence-electron chi connectivity index (χ4n) is 0.789. The van der Waals surface area contributed by atoms with Crippen molar-refractivity contribution in [3.63, 3.8) is 0 Å². The molecular weight excluding hydrogens is 188 g/mol. The van der Waals surface area contributed by atoms with Crippen LogP contribution in [0.4, 0.5) is 0 Å². The van der Waals surface area contributed by atoms with Crippen molar-refractivity contribution in [2.75, 3.05) is 18.6 Å². The smallest absolute Gasteiger partial charge is 0.221 e. The van der Waals surface area contributed by atoms with Crippen LogP contribution >= 0.6 is 0 Å². The number of nitrogens with one attached hydrogen (secondary N) is 1. The summed E-state index contributed by atoms with van der Waals surface area (Å²) in [5.41, 5.74) is 5.58. The molecule has 78 valence electrons. The standard InChI is InChI=1S/C8H18N2O2S/c1-3-7(9)6-8(11)10-4-5-13(2)12/h7H,3-6,9H2,1-2H3,(H,10,11). The number of carbonyl (C=O) groups is 1. The molecule has 5 heteroatoms. The number of rotatable bonds is 6. The van der Waals surface area contributed by atoms with Gasteiger partial charge in [0.05, 0.1) is 0 Å². The number of nitrogens with two attached hydrogens (primary N) is 1. The average molecular weight is 206 g/mol. The van der Waals surface area contributed by atoms with E-state index in [0.29, 0.717) is 18.7 Å². The Bertz CT molecular complexity index is 185. The van der Waals surface area contributed by atoms with Gasteiger partial charge in [0.15, 0.2) is 0 Å². The zero-order valence-corrected chi connectivity index (χ0v) is 9.02. The van der Waals surface area contributed by atoms with Crippen LogP contribution in [0.5, 0.6) is 0 Å². The van der Waals surface area contributed by atoms with E-state index in [-0.39, 0.29) is 11.9 Å². The lowest BCUT2D eigenvalue weighted by Crippen LogP contribution is -2.33. The molecule has 2 atom stereocenters. The Morgan fingerprint density at radius 1 is 1.62 bits per heavy atom. The monoisotopic (exact) mass is 206 g/mol. The fourth-order valence-corrected chi connectivity index (χ4v) is 1.18. The molecular formula is C8H18N2O2S. The van der Waals surface area contributed by atoms with Crippen LogP contribution < -0.4 is 11.1 Å². The van der Waals surface area contributed by atoms with Crippen LogP contribution in [-0.4, -0.2) is 34.7 Å². The Morgan fingerprint density at radius 3 is 2.69 bits per heavy atom. The highest BCUT2D eigenvalue weighted by molar-refractivity contribution is 7.84. The summed E-state index contributed by atoms with van der Waals surface area (Å²) >= 11 is 0. The van der Waals surface area contributed by atoms with Crippen LogP contribution in [0.3, 0.4) is 0 Å². The van der Waals surface area contributed by atoms with E-state index in [1.165, 1.54) is 0 Å². The normalized spacial score (nSPS) is 15.0. The highest BCUT2D eigenvalue weighted by atomic mass is 32.2. The van der Waals surface area contributed by atoms with Crippen LogP contribution in [0.25, 0.3) is 0 Å². The predicted molar refractivity (Wildman–Crippen MR) is 54.8 cm³/mol. The van der Waals surface area contributed by atoms with Crippen molar-refractivity contribution >= 4 is 16.7 Å². The summed E-state index contributed by atoms with van der Waals surface area (Å²) in [5, 5.41) is 2.67. The molecule has 0 saturated heterocycles. The Labute approximate surface area is 81.7 Å². The van der Waals surface area contributed by atoms with E-state index in [0.717, 1.165) is 6.42 Å². The molecule has 13 heavy (non-hydrogen) atoms. The molecule has 0 aliphatic carbocycles. The molecule has 4 nitrogen and oxygen atoms in total. The topological polar surface area (TPSA) is 72.2 Å². The number of carbonyl (C=O) groups excluding carboxylic acids is 1. The lowest BCUT2D eigenvalue weighted by Gasteiger charge is -2.08. The van der Waals surface area contributed by atoms with Gasteiger partial charge in [-0.3, -0.25) is 9.00 Å². The molecule has 0 heterocycles. The summed E-state index contributed by atoms with van der Waals surface area (Å²) in [5.74, 6) is 0.451. The van der Waals surface area contributed by atoms with E-state index in [9.17, 15) is 9.00 Å². The third-order valence-corrected chi connectivity index (χ3v) is 2.46. The molecule has 0 aliphatic rings. The molecule has 0 aromatic carbocycles. The maximum Gasteiger partial charge on any atom is 0.221 e. The van der Waals surface area contributed by atoms with Gasteiger partial charge in [-0.1, -0.05) is 6.92 Å². The highest BCUT2D eigenvalue weighted by Crippen LogP contribution is 1.92. The molecule has 0 saturated carbocycles. The zero-order chi connectivity index (χ0) is 10.3. The molecule has 0 aliphatic heterocycles. The second kappa shape index (κ2) is 7.03. The summed E-state index contributed by atoms with van der Waals surface area (Å²) in [6.07, 6.45) is 2.77. The van der Waals surface area contributed by atoms with E-state index in [2.05, 4.69) is 5.32 Å². The van der Waals surface area contributed by atoms with Gasteiger partial charge < -0.3 is 11.1 Å². The third-order valence-electron chi connectivity index (χ3n) is 1.68. The Morgan fingerprint density at radius 2 is 2.23 bits per heavy atom. The molecule has 1 amide bonds. The first kappa shape index (κ1) is 12.6. The van der Waals surface area contributed by atoms with Gasteiger partial charge in [-0.2, -0.15) is 0 Å². The number of hydrogen-bond donors (Lipinski definition) is 2. The van der Waals surface area contributed by atoms with E-state index in [4.69, 9.17) is 5.73 Å². The second-order valence-electron chi connectivity index (χ2n) is 3.00. The third kappa shape index (κ3) is 7.93. The zero-order valence-electron chi connectivity index (χ0n) is 8.21. The lowest BCUT2D eigenvalue weighted by molar-refractivity contribution is -0.121. The van der Waals surface area contributed by atoms with Crippen LogP contribution in [0.15, 0.2) is 0 Å². The minimum atomic E-state index is -0.842. The molecule has 2 unspecified atom stereocenters. The van der Waals surface area contributed by atoms with Gasteiger partial charge in [0, 0.05) is 41.8 Å². The molecule has 0 radical (unpaired) electrons. The van der Waals surface area contributed by atoms with Crippen LogP contribution in [0.2, 0.25) is 0 Å². The first-order valence-electron chi connectivity index (χ1n) is 4.38. The molecule has 3 N–H and O–H groups in total. The lowest BCUT2D eigenvalue weighted by atomic mass is 10.1. The number of hydrogen-bond acceptors (Lipinski definition) is 3. The SMILES string of the molecule is CCC(N)CC(=O)NCCS(C)=O. The second-order valence-corrected chi connectivity index (χ2v) is 4.55. The largest absolute Gasteiger partial charge is 0.355 e. The minimum absolute atomic E-state index is 0.0557. The first-order valence-corrected chi connectivity index (χ1v) is 6.11. The molecule has 0 rings (SSSR count). The van der Waals surface area contributed by atoms with E-state index >= 15 is 0 Å². The summed E-state index contributed by atoms with van der Waals surface area (Å²) in [6, 6.07) is -0.0628. The van der Waals surface area contributed by atoms with Gasteiger partial charge in [0.1, 0.15) is 0 Å². The molecule has 0 spiro atoms. The Kier molecular flexibility index (Phi) is 6.80. The fraction of sp³-hybridized carbons (Fsp3) is 0.875. The Balaban J connectivity index is 3.46. The van der Waals surface area contributed by atoms with Crippen molar-refractivity contribution in [2.24, 2.45) is 5.73 Å². The summed E-state index contributed by atoms with van der Waals surface area (Å²) < 4.78 is 10.6. The van der Waals surface area contributed by atoms with E-state index < -0.39 is 10.8 Å². The van der Waals surface area contributed by atoms with Crippen molar-refractivity contribution < 1.29 is 9.00 Å². The van der Waals surface area contributed by atoms with Crippen LogP contribution in [0, 0.1) is 0 Å². The maximum absolute atomic E-state index is 11.1. The van der Waals surface area contributed by atoms with Crippen molar-refractivity contribution in [2.45, 2.75) is 25.8 Å². The summed E-state index contributed by atoms with van der Waals surface area (Å²) in [7, 11) is -0.842. The molecule has 0 bridgehead atoms. The van der Waals surface area contributed by atoms with Gasteiger partial charge in [0.2, 0.25) is 5.91 Å². The van der Waals surface area contributed by atoms with E-state index in [1.807, 2.05) is 6.92 Å². The molecule has 0 aromatic heterocycles. The van der Waals surface area contributed by atoms with Crippen LogP contribution in [-0.2, 0) is 15.6 Å². The van der Waals surface area contributed by atoms with Crippen molar-refractivity contribution in [3.8, 4) is 0 Å². The quantitative estimate of drug-likeness (QED) is 0.621. The van der Waals surface area contributed by atoms with Crippen molar-refractivity contribution in [1.29, 1.82) is 0 Å². The van der Waals surface area contributed by atoms with Gasteiger partial charge in [-0.25, -0.2) is 0 Å². The highest BCUT2D eigenvalue weighted by Gasteiger charge is 2.06. The predicted octanol–water partition coefficient (Wildman–Crippen LogP) is -0.391. The average Bonchev–Trinajstić information content (AvgIpc) is 2.03.